The second-order valence-corrected chi connectivity index (χ2v) is 7.78. The summed E-state index contributed by atoms with van der Waals surface area (Å²) in [5.74, 6) is -0.442. The number of halogens is 2. The van der Waals surface area contributed by atoms with Crippen LogP contribution in [-0.2, 0) is 9.53 Å². The summed E-state index contributed by atoms with van der Waals surface area (Å²) in [6, 6.07) is 2.60. The molecular formula is C19H24F2N2O2. The van der Waals surface area contributed by atoms with E-state index in [-0.39, 0.29) is 34.9 Å². The fraction of sp³-hybridized carbons (Fsp3) is 0.632. The summed E-state index contributed by atoms with van der Waals surface area (Å²) < 4.78 is 33.3. The van der Waals surface area contributed by atoms with Gasteiger partial charge in [0.1, 0.15) is 11.6 Å². The first-order chi connectivity index (χ1) is 12.0. The van der Waals surface area contributed by atoms with E-state index in [0.717, 1.165) is 12.8 Å². The SMILES string of the molecule is Cc1cc(F)c(C2CCN(C(=O)C3CC4(COCN4)C3)CC2)cc1F. The number of hydrogen-bond acceptors (Lipinski definition) is 3. The molecule has 0 atom stereocenters. The number of likely N-dealkylation sites (tertiary alicyclic amines) is 1. The van der Waals surface area contributed by atoms with Crippen molar-refractivity contribution in [3.63, 3.8) is 0 Å². The van der Waals surface area contributed by atoms with Crippen LogP contribution in [0.5, 0.6) is 0 Å². The van der Waals surface area contributed by atoms with Crippen molar-refractivity contribution in [2.75, 3.05) is 26.4 Å². The molecule has 1 aliphatic carbocycles. The summed E-state index contributed by atoms with van der Waals surface area (Å²) in [7, 11) is 0. The average molecular weight is 350 g/mol. The molecule has 4 rings (SSSR count). The van der Waals surface area contributed by atoms with E-state index in [0.29, 0.717) is 50.4 Å². The molecule has 0 radical (unpaired) electrons. The largest absolute Gasteiger partial charge is 0.364 e. The standard InChI is InChI=1S/C19H24F2N2O2/c1-12-6-17(21)15(7-16(12)20)13-2-4-23(5-3-13)18(24)14-8-19(9-14)10-25-11-22-19/h6-7,13-14,22H,2-5,8-11H2,1H3. The zero-order chi connectivity index (χ0) is 17.6. The Hall–Kier alpha value is -1.53. The molecule has 3 aliphatic rings. The van der Waals surface area contributed by atoms with Crippen LogP contribution in [0.4, 0.5) is 8.78 Å². The summed E-state index contributed by atoms with van der Waals surface area (Å²) in [6.45, 7) is 4.07. The van der Waals surface area contributed by atoms with Gasteiger partial charge in [0.15, 0.2) is 0 Å². The zero-order valence-electron chi connectivity index (χ0n) is 14.5. The lowest BCUT2D eigenvalue weighted by Gasteiger charge is -2.45. The number of nitrogens with zero attached hydrogens (tertiary/aromatic N) is 1. The molecule has 6 heteroatoms. The third kappa shape index (κ3) is 3.06. The highest BCUT2D eigenvalue weighted by molar-refractivity contribution is 5.80. The van der Waals surface area contributed by atoms with Crippen LogP contribution in [0.25, 0.3) is 0 Å². The van der Waals surface area contributed by atoms with Crippen molar-refractivity contribution in [1.29, 1.82) is 0 Å². The first-order valence-corrected chi connectivity index (χ1v) is 9.04. The second-order valence-electron chi connectivity index (χ2n) is 7.78. The second kappa shape index (κ2) is 6.32. The number of hydrogen-bond donors (Lipinski definition) is 1. The Kier molecular flexibility index (Phi) is 4.28. The van der Waals surface area contributed by atoms with Crippen molar-refractivity contribution >= 4 is 5.91 Å². The number of nitrogens with one attached hydrogen (secondary N) is 1. The van der Waals surface area contributed by atoms with Crippen LogP contribution in [0, 0.1) is 24.5 Å². The lowest BCUT2D eigenvalue weighted by atomic mass is 9.68. The third-order valence-electron chi connectivity index (χ3n) is 6.08. The van der Waals surface area contributed by atoms with E-state index in [9.17, 15) is 13.6 Å². The molecule has 1 aromatic carbocycles. The van der Waals surface area contributed by atoms with E-state index < -0.39 is 0 Å². The maximum atomic E-state index is 14.2. The number of aryl methyl sites for hydroxylation is 1. The quantitative estimate of drug-likeness (QED) is 0.892. The summed E-state index contributed by atoms with van der Waals surface area (Å²) >= 11 is 0. The monoisotopic (exact) mass is 350 g/mol. The van der Waals surface area contributed by atoms with Gasteiger partial charge in [-0.2, -0.15) is 0 Å². The molecule has 1 aromatic rings. The molecule has 25 heavy (non-hydrogen) atoms. The van der Waals surface area contributed by atoms with Crippen molar-refractivity contribution in [3.8, 4) is 0 Å². The molecule has 1 spiro atoms. The van der Waals surface area contributed by atoms with Crippen LogP contribution < -0.4 is 5.32 Å². The number of piperidine rings is 1. The number of rotatable bonds is 2. The summed E-state index contributed by atoms with van der Waals surface area (Å²) in [5, 5.41) is 3.33. The van der Waals surface area contributed by atoms with Crippen molar-refractivity contribution < 1.29 is 18.3 Å². The van der Waals surface area contributed by atoms with E-state index in [1.54, 1.807) is 6.92 Å². The van der Waals surface area contributed by atoms with Crippen LogP contribution in [0.15, 0.2) is 12.1 Å². The summed E-state index contributed by atoms with van der Waals surface area (Å²) in [5.41, 5.74) is 0.795. The zero-order valence-corrected chi connectivity index (χ0v) is 14.5. The third-order valence-corrected chi connectivity index (χ3v) is 6.08. The molecule has 0 bridgehead atoms. The predicted molar refractivity (Wildman–Crippen MR) is 89.1 cm³/mol. The van der Waals surface area contributed by atoms with Gasteiger partial charge in [-0.05, 0) is 61.8 Å². The fourth-order valence-electron chi connectivity index (χ4n) is 4.47. The Labute approximate surface area is 146 Å². The number of carbonyl (C=O) groups excluding carboxylic acids is 1. The molecule has 0 aromatic heterocycles. The normalized spacial score (nSPS) is 29.9. The summed E-state index contributed by atoms with van der Waals surface area (Å²) in [6.07, 6.45) is 3.04. The van der Waals surface area contributed by atoms with Crippen LogP contribution in [0.1, 0.15) is 42.7 Å². The highest BCUT2D eigenvalue weighted by atomic mass is 19.1. The minimum atomic E-state index is -0.360. The van der Waals surface area contributed by atoms with Gasteiger partial charge in [-0.15, -0.1) is 0 Å². The first-order valence-electron chi connectivity index (χ1n) is 9.04. The van der Waals surface area contributed by atoms with E-state index in [2.05, 4.69) is 5.32 Å². The Bertz CT molecular complexity index is 672. The molecule has 3 fully saturated rings. The van der Waals surface area contributed by atoms with Crippen molar-refractivity contribution in [1.82, 2.24) is 10.2 Å². The highest BCUT2D eigenvalue weighted by Crippen LogP contribution is 2.42. The predicted octanol–water partition coefficient (Wildman–Crippen LogP) is 2.71. The molecule has 2 saturated heterocycles. The van der Waals surface area contributed by atoms with E-state index in [4.69, 9.17) is 4.74 Å². The van der Waals surface area contributed by atoms with Gasteiger partial charge in [-0.25, -0.2) is 8.78 Å². The molecule has 1 amide bonds. The van der Waals surface area contributed by atoms with Crippen LogP contribution >= 0.6 is 0 Å². The van der Waals surface area contributed by atoms with Gasteiger partial charge in [0.05, 0.1) is 13.3 Å². The van der Waals surface area contributed by atoms with E-state index in [1.165, 1.54) is 12.1 Å². The number of benzene rings is 1. The van der Waals surface area contributed by atoms with Crippen molar-refractivity contribution in [2.24, 2.45) is 5.92 Å². The van der Waals surface area contributed by atoms with Gasteiger partial charge >= 0.3 is 0 Å². The van der Waals surface area contributed by atoms with Gasteiger partial charge in [-0.1, -0.05) is 0 Å². The minimum absolute atomic E-state index is 0.0151. The number of amides is 1. The van der Waals surface area contributed by atoms with Crippen LogP contribution in [0.3, 0.4) is 0 Å². The Morgan fingerprint density at radius 3 is 2.60 bits per heavy atom. The Morgan fingerprint density at radius 1 is 1.24 bits per heavy atom. The topological polar surface area (TPSA) is 41.6 Å². The van der Waals surface area contributed by atoms with Crippen LogP contribution in [-0.4, -0.2) is 42.8 Å². The first kappa shape index (κ1) is 16.9. The molecule has 136 valence electrons. The molecule has 2 aliphatic heterocycles. The summed E-state index contributed by atoms with van der Waals surface area (Å²) in [4.78, 5) is 14.5. The van der Waals surface area contributed by atoms with Gasteiger partial charge in [-0.3, -0.25) is 10.1 Å². The van der Waals surface area contributed by atoms with Gasteiger partial charge in [0.25, 0.3) is 0 Å². The molecule has 0 unspecified atom stereocenters. The van der Waals surface area contributed by atoms with Gasteiger partial charge in [0.2, 0.25) is 5.91 Å². The molecule has 1 N–H and O–H groups in total. The number of carbonyl (C=O) groups is 1. The lowest BCUT2D eigenvalue weighted by Crippen LogP contribution is -2.58. The van der Waals surface area contributed by atoms with Crippen molar-refractivity contribution in [3.05, 3.63) is 34.9 Å². The highest BCUT2D eigenvalue weighted by Gasteiger charge is 2.50. The van der Waals surface area contributed by atoms with Gasteiger partial charge in [0, 0.05) is 24.5 Å². The molecular weight excluding hydrogens is 326 g/mol. The maximum Gasteiger partial charge on any atom is 0.225 e. The average Bonchev–Trinajstić information content (AvgIpc) is 3.06. The van der Waals surface area contributed by atoms with Crippen LogP contribution in [0.2, 0.25) is 0 Å². The lowest BCUT2D eigenvalue weighted by molar-refractivity contribution is -0.142. The van der Waals surface area contributed by atoms with Gasteiger partial charge < -0.3 is 9.64 Å². The maximum absolute atomic E-state index is 14.2. The fourth-order valence-corrected chi connectivity index (χ4v) is 4.47. The molecule has 4 nitrogen and oxygen atoms in total. The Morgan fingerprint density at radius 2 is 1.96 bits per heavy atom. The minimum Gasteiger partial charge on any atom is -0.364 e. The van der Waals surface area contributed by atoms with E-state index >= 15 is 0 Å². The smallest absolute Gasteiger partial charge is 0.225 e. The Balaban J connectivity index is 1.34. The van der Waals surface area contributed by atoms with E-state index in [1.807, 2.05) is 4.90 Å². The molecule has 2 heterocycles. The molecule has 1 saturated carbocycles. The van der Waals surface area contributed by atoms with Crippen molar-refractivity contribution in [2.45, 2.75) is 44.1 Å². The number of ether oxygens (including phenoxy) is 1.